The van der Waals surface area contributed by atoms with E-state index in [1.165, 1.54) is 29.1 Å². The van der Waals surface area contributed by atoms with Crippen LogP contribution in [0.25, 0.3) is 11.2 Å². The number of carbonyl (C=O) groups is 1. The molecule has 16 heteroatoms. The third-order valence-corrected chi connectivity index (χ3v) is 8.42. The Bertz CT molecular complexity index is 1710. The van der Waals surface area contributed by atoms with Gasteiger partial charge in [-0.3, -0.25) is 13.9 Å². The highest BCUT2D eigenvalue weighted by Gasteiger charge is 2.59. The number of hydrogen-bond donors (Lipinski definition) is 4. The van der Waals surface area contributed by atoms with Crippen molar-refractivity contribution in [2.45, 2.75) is 56.6 Å². The van der Waals surface area contributed by atoms with E-state index in [0.29, 0.717) is 11.4 Å². The van der Waals surface area contributed by atoms with Gasteiger partial charge in [-0.05, 0) is 17.7 Å². The van der Waals surface area contributed by atoms with Crippen LogP contribution in [0.1, 0.15) is 47.7 Å². The second kappa shape index (κ2) is 12.3. The van der Waals surface area contributed by atoms with Crippen molar-refractivity contribution in [1.82, 2.24) is 19.5 Å². The summed E-state index contributed by atoms with van der Waals surface area (Å²) in [5, 5.41) is 21.3. The van der Waals surface area contributed by atoms with Crippen molar-refractivity contribution in [3.05, 3.63) is 77.9 Å². The minimum Gasteiger partial charge on any atom is -0.488 e. The summed E-state index contributed by atoms with van der Waals surface area (Å²) in [4.78, 5) is 35.9. The van der Waals surface area contributed by atoms with Gasteiger partial charge in [-0.1, -0.05) is 56.3 Å². The summed E-state index contributed by atoms with van der Waals surface area (Å²) in [7, 11) is -6.02. The molecular weight excluding hydrogens is 603 g/mol. The topological polar surface area (TPSA) is 192 Å². The number of aliphatic hydroxyl groups excluding tert-OH is 2. The fourth-order valence-corrected chi connectivity index (χ4v) is 5.45. The molecular formula is C28H30F2N5O8P. The lowest BCUT2D eigenvalue weighted by molar-refractivity contribution is -0.0513. The van der Waals surface area contributed by atoms with E-state index in [0.717, 1.165) is 6.07 Å². The molecule has 3 unspecified atom stereocenters. The highest BCUT2D eigenvalue weighted by molar-refractivity contribution is 7.55. The van der Waals surface area contributed by atoms with E-state index in [1.54, 1.807) is 30.3 Å². The fraction of sp³-hybridized carbons (Fsp3) is 0.357. The predicted octanol–water partition coefficient (Wildman–Crippen LogP) is 3.41. The average Bonchev–Trinajstić information content (AvgIpc) is 3.55. The Morgan fingerprint density at radius 2 is 1.80 bits per heavy atom. The number of nitrogens with zero attached hydrogens (tertiary/aromatic N) is 4. The van der Waals surface area contributed by atoms with Crippen LogP contribution in [0.4, 0.5) is 14.6 Å². The monoisotopic (exact) mass is 633 g/mol. The Hall–Kier alpha value is -3.85. The summed E-state index contributed by atoms with van der Waals surface area (Å²) in [6, 6.07) is 13.8. The SMILES string of the molecule is CC(C)c1nc(N)c2ncn([C@@H]3O[C@H](COP(=O)(O)C(F)(F)C(=O)c4ccccc4OCc4ccccc4)C(O)C3O)c2n1. The molecule has 1 saturated heterocycles. The van der Waals surface area contributed by atoms with Gasteiger partial charge < -0.3 is 34.8 Å². The van der Waals surface area contributed by atoms with Crippen LogP contribution in [0.15, 0.2) is 60.9 Å². The normalized spacial score (nSPS) is 21.9. The Morgan fingerprint density at radius 3 is 2.50 bits per heavy atom. The van der Waals surface area contributed by atoms with E-state index in [1.807, 2.05) is 13.8 Å². The van der Waals surface area contributed by atoms with Crippen molar-refractivity contribution in [3.63, 3.8) is 0 Å². The first-order chi connectivity index (χ1) is 20.8. The predicted molar refractivity (Wildman–Crippen MR) is 152 cm³/mol. The van der Waals surface area contributed by atoms with Gasteiger partial charge in [0, 0.05) is 5.92 Å². The minimum absolute atomic E-state index is 0.0476. The number of benzene rings is 2. The molecule has 0 saturated carbocycles. The van der Waals surface area contributed by atoms with Crippen molar-refractivity contribution >= 4 is 30.4 Å². The number of hydrogen-bond acceptors (Lipinski definition) is 11. The Kier molecular flexibility index (Phi) is 8.80. The molecule has 4 aromatic rings. The van der Waals surface area contributed by atoms with Crippen LogP contribution in [0.2, 0.25) is 0 Å². The molecule has 2 aromatic heterocycles. The number of aromatic nitrogens is 4. The third-order valence-electron chi connectivity index (χ3n) is 7.00. The van der Waals surface area contributed by atoms with Crippen molar-refractivity contribution in [2.75, 3.05) is 12.3 Å². The van der Waals surface area contributed by atoms with Gasteiger partial charge in [0.25, 0.3) is 0 Å². The molecule has 5 atom stereocenters. The molecule has 2 aromatic carbocycles. The number of ether oxygens (including phenoxy) is 2. The quantitative estimate of drug-likeness (QED) is 0.139. The van der Waals surface area contributed by atoms with Crippen LogP contribution in [0.5, 0.6) is 5.75 Å². The van der Waals surface area contributed by atoms with Crippen LogP contribution in [0.3, 0.4) is 0 Å². The first-order valence-corrected chi connectivity index (χ1v) is 15.1. The fourth-order valence-electron chi connectivity index (χ4n) is 4.56. The smallest absolute Gasteiger partial charge is 0.407 e. The van der Waals surface area contributed by atoms with Crippen LogP contribution < -0.4 is 10.5 Å². The summed E-state index contributed by atoms with van der Waals surface area (Å²) in [5.41, 5.74) is 1.53. The molecule has 0 aliphatic carbocycles. The number of Topliss-reactive ketones (excluding diaryl/α,β-unsaturated/α-hetero) is 1. The standard InChI is InChI=1S/C28H30F2N5O8P/c1-15(2)25-33-24(31)20-26(34-25)35(14-32-20)27-22(37)21(36)19(43-27)13-42-44(39,40)28(29,30)23(38)17-10-6-7-11-18(17)41-12-16-8-4-3-5-9-16/h3-11,14-15,19,21-22,27,36-37H,12-13H2,1-2H3,(H,39,40)(H2,31,33,34)/t19-,21?,22?,27-/m1/s1. The van der Waals surface area contributed by atoms with Crippen LogP contribution in [0, 0.1) is 0 Å². The summed E-state index contributed by atoms with van der Waals surface area (Å²) in [6.07, 6.45) is -5.04. The van der Waals surface area contributed by atoms with E-state index in [2.05, 4.69) is 19.5 Å². The zero-order chi connectivity index (χ0) is 31.8. The molecule has 0 bridgehead atoms. The molecule has 0 radical (unpaired) electrons. The van der Waals surface area contributed by atoms with Gasteiger partial charge in [-0.25, -0.2) is 15.0 Å². The summed E-state index contributed by atoms with van der Waals surface area (Å²) in [5.74, 6) is -1.88. The van der Waals surface area contributed by atoms with Crippen molar-refractivity contribution < 1.29 is 47.2 Å². The molecule has 1 fully saturated rings. The third kappa shape index (κ3) is 5.94. The number of halogens is 2. The van der Waals surface area contributed by atoms with Gasteiger partial charge in [0.15, 0.2) is 17.7 Å². The van der Waals surface area contributed by atoms with Crippen molar-refractivity contribution in [1.29, 1.82) is 0 Å². The molecule has 0 spiro atoms. The molecule has 1 aliphatic heterocycles. The number of rotatable bonds is 11. The van der Waals surface area contributed by atoms with E-state index in [-0.39, 0.29) is 35.3 Å². The van der Waals surface area contributed by atoms with E-state index in [9.17, 15) is 24.5 Å². The Labute approximate surface area is 249 Å². The maximum absolute atomic E-state index is 15.3. The zero-order valence-corrected chi connectivity index (χ0v) is 24.4. The lowest BCUT2D eigenvalue weighted by Gasteiger charge is -2.23. The summed E-state index contributed by atoms with van der Waals surface area (Å²) < 4.78 is 60.4. The van der Waals surface area contributed by atoms with E-state index in [4.69, 9.17) is 15.2 Å². The van der Waals surface area contributed by atoms with Gasteiger partial charge in [-0.2, -0.15) is 8.78 Å². The number of fused-ring (bicyclic) bond motifs is 1. The largest absolute Gasteiger partial charge is 0.488 e. The van der Waals surface area contributed by atoms with Crippen molar-refractivity contribution in [2.24, 2.45) is 0 Å². The molecule has 5 N–H and O–H groups in total. The van der Waals surface area contributed by atoms with Gasteiger partial charge in [0.1, 0.15) is 42.0 Å². The Morgan fingerprint density at radius 1 is 1.11 bits per heavy atom. The molecule has 234 valence electrons. The summed E-state index contributed by atoms with van der Waals surface area (Å²) >= 11 is 0. The zero-order valence-electron chi connectivity index (χ0n) is 23.5. The second-order valence-electron chi connectivity index (χ2n) is 10.4. The van der Waals surface area contributed by atoms with E-state index >= 15 is 8.78 Å². The van der Waals surface area contributed by atoms with Gasteiger partial charge in [0.2, 0.25) is 5.78 Å². The van der Waals surface area contributed by atoms with Crippen molar-refractivity contribution in [3.8, 4) is 5.75 Å². The second-order valence-corrected chi connectivity index (χ2v) is 12.3. The first kappa shape index (κ1) is 31.6. The lowest BCUT2D eigenvalue weighted by Crippen LogP contribution is -2.35. The molecule has 1 aliphatic rings. The minimum atomic E-state index is -6.02. The van der Waals surface area contributed by atoms with E-state index < -0.39 is 55.8 Å². The maximum atomic E-state index is 15.3. The first-order valence-electron chi connectivity index (χ1n) is 13.5. The van der Waals surface area contributed by atoms with Crippen LogP contribution in [-0.2, 0) is 20.4 Å². The lowest BCUT2D eigenvalue weighted by atomic mass is 10.1. The number of anilines is 1. The highest BCUT2D eigenvalue weighted by atomic mass is 31.2. The number of para-hydroxylation sites is 1. The number of ketones is 1. The molecule has 3 heterocycles. The average molecular weight is 634 g/mol. The van der Waals surface area contributed by atoms with Gasteiger partial charge >= 0.3 is 13.3 Å². The van der Waals surface area contributed by atoms with Gasteiger partial charge in [-0.15, -0.1) is 0 Å². The number of aliphatic hydroxyl groups is 2. The van der Waals surface area contributed by atoms with Crippen LogP contribution in [-0.4, -0.2) is 71.0 Å². The summed E-state index contributed by atoms with van der Waals surface area (Å²) in [6.45, 7) is 2.55. The molecule has 5 rings (SSSR count). The number of nitrogens with two attached hydrogens (primary N) is 1. The highest BCUT2D eigenvalue weighted by Crippen LogP contribution is 2.59. The van der Waals surface area contributed by atoms with Crippen LogP contribution >= 0.6 is 7.60 Å². The Balaban J connectivity index is 1.30. The molecule has 44 heavy (non-hydrogen) atoms. The number of imidazole rings is 1. The number of alkyl halides is 2. The van der Waals surface area contributed by atoms with Gasteiger partial charge in [0.05, 0.1) is 18.5 Å². The molecule has 0 amide bonds. The molecule has 13 nitrogen and oxygen atoms in total. The number of carbonyl (C=O) groups excluding carboxylic acids is 1. The maximum Gasteiger partial charge on any atom is 0.407 e. The number of nitrogen functional groups attached to an aromatic ring is 1.